The molecule has 3 aromatic carbocycles. The first-order valence-corrected chi connectivity index (χ1v) is 9.80. The van der Waals surface area contributed by atoms with E-state index >= 15 is 0 Å². The summed E-state index contributed by atoms with van der Waals surface area (Å²) in [5, 5.41) is 31.4. The van der Waals surface area contributed by atoms with Crippen molar-refractivity contribution in [1.29, 1.82) is 0 Å². The quantitative estimate of drug-likeness (QED) is 0.389. The molecule has 0 unspecified atom stereocenters. The molecule has 3 aromatic rings. The molecule has 0 saturated carbocycles. The van der Waals surface area contributed by atoms with Gasteiger partial charge in [0.1, 0.15) is 5.60 Å². The second-order valence-corrected chi connectivity index (χ2v) is 7.10. The second kappa shape index (κ2) is 10.1. The van der Waals surface area contributed by atoms with Crippen molar-refractivity contribution in [2.24, 2.45) is 0 Å². The molecule has 0 spiro atoms. The predicted octanol–water partition coefficient (Wildman–Crippen LogP) is 4.17. The first kappa shape index (κ1) is 21.6. The third-order valence-electron chi connectivity index (χ3n) is 5.32. The van der Waals surface area contributed by atoms with E-state index in [1.807, 2.05) is 60.7 Å². The van der Waals surface area contributed by atoms with Crippen LogP contribution in [0.2, 0.25) is 0 Å². The fourth-order valence-electron chi connectivity index (χ4n) is 3.77. The monoisotopic (exact) mass is 407 g/mol. The molecule has 0 bridgehead atoms. The van der Waals surface area contributed by atoms with Crippen LogP contribution in [0.5, 0.6) is 0 Å². The van der Waals surface area contributed by atoms with Gasteiger partial charge in [-0.1, -0.05) is 72.8 Å². The summed E-state index contributed by atoms with van der Waals surface area (Å²) < 4.78 is 6.40. The number of benzene rings is 3. The number of rotatable bonds is 10. The lowest BCUT2D eigenvalue weighted by atomic mass is 9.75. The Morgan fingerprint density at radius 2 is 1.50 bits per heavy atom. The molecule has 0 aliphatic carbocycles. The highest BCUT2D eigenvalue weighted by Crippen LogP contribution is 2.43. The maximum absolute atomic E-state index is 11.0. The minimum absolute atomic E-state index is 0.0130. The van der Waals surface area contributed by atoms with Crippen molar-refractivity contribution < 1.29 is 19.9 Å². The number of aliphatic hydroxyl groups is 2. The molecule has 3 rings (SSSR count). The molecule has 0 heterocycles. The number of aliphatic hydroxyl groups excluding tert-OH is 2. The van der Waals surface area contributed by atoms with Gasteiger partial charge in [0.25, 0.3) is 5.69 Å². The van der Waals surface area contributed by atoms with Crippen LogP contribution < -0.4 is 0 Å². The zero-order chi connectivity index (χ0) is 21.4. The number of non-ortho nitro benzene ring substituents is 1. The molecule has 0 aromatic heterocycles. The SMILES string of the molecule is O=[N+]([O-])c1ccc([C@H](CCO)[C@](CO)(OCc2ccccc2)c2ccccc2)cc1. The molecule has 2 atom stereocenters. The van der Waals surface area contributed by atoms with Gasteiger partial charge in [-0.25, -0.2) is 0 Å². The van der Waals surface area contributed by atoms with Crippen LogP contribution in [0.4, 0.5) is 5.69 Å². The Balaban J connectivity index is 2.05. The van der Waals surface area contributed by atoms with Gasteiger partial charge in [0, 0.05) is 24.7 Å². The lowest BCUT2D eigenvalue weighted by molar-refractivity contribution is -0.384. The molecule has 30 heavy (non-hydrogen) atoms. The number of ether oxygens (including phenoxy) is 1. The summed E-state index contributed by atoms with van der Waals surface area (Å²) >= 11 is 0. The van der Waals surface area contributed by atoms with E-state index in [2.05, 4.69) is 0 Å². The Bertz CT molecular complexity index is 931. The van der Waals surface area contributed by atoms with Crippen LogP contribution in [-0.2, 0) is 16.9 Å². The Morgan fingerprint density at radius 1 is 0.900 bits per heavy atom. The minimum Gasteiger partial charge on any atom is -0.396 e. The van der Waals surface area contributed by atoms with Crippen LogP contribution in [0.25, 0.3) is 0 Å². The summed E-state index contributed by atoms with van der Waals surface area (Å²) in [4.78, 5) is 10.6. The standard InChI is InChI=1S/C24H25NO5/c26-16-15-23(20-11-13-22(14-12-20)25(28)29)24(18-27,21-9-5-2-6-10-21)30-17-19-7-3-1-4-8-19/h1-14,23,26-27H,15-18H2/t23-,24+/m0/s1. The van der Waals surface area contributed by atoms with Crippen molar-refractivity contribution in [3.8, 4) is 0 Å². The Morgan fingerprint density at radius 3 is 2.03 bits per heavy atom. The van der Waals surface area contributed by atoms with E-state index < -0.39 is 16.4 Å². The molecule has 156 valence electrons. The summed E-state index contributed by atoms with van der Waals surface area (Å²) in [6.45, 7) is -0.165. The van der Waals surface area contributed by atoms with Crippen molar-refractivity contribution in [1.82, 2.24) is 0 Å². The Labute approximate surface area is 175 Å². The molecular weight excluding hydrogens is 382 g/mol. The summed E-state index contributed by atoms with van der Waals surface area (Å²) in [7, 11) is 0. The van der Waals surface area contributed by atoms with Gasteiger partial charge in [-0.15, -0.1) is 0 Å². The molecule has 0 fully saturated rings. The van der Waals surface area contributed by atoms with Gasteiger partial charge in [0.2, 0.25) is 0 Å². The Hall–Kier alpha value is -3.06. The van der Waals surface area contributed by atoms with Crippen molar-refractivity contribution >= 4 is 5.69 Å². The van der Waals surface area contributed by atoms with E-state index in [0.29, 0.717) is 6.42 Å². The lowest BCUT2D eigenvalue weighted by Crippen LogP contribution is -2.41. The summed E-state index contributed by atoms with van der Waals surface area (Å²) in [6.07, 6.45) is 0.321. The number of hydrogen-bond donors (Lipinski definition) is 2. The second-order valence-electron chi connectivity index (χ2n) is 7.10. The summed E-state index contributed by atoms with van der Waals surface area (Å²) in [5.74, 6) is -0.417. The normalized spacial score (nSPS) is 14.1. The van der Waals surface area contributed by atoms with Gasteiger partial charge in [-0.3, -0.25) is 10.1 Å². The van der Waals surface area contributed by atoms with Gasteiger partial charge in [0.15, 0.2) is 0 Å². The predicted molar refractivity (Wildman–Crippen MR) is 114 cm³/mol. The lowest BCUT2D eigenvalue weighted by Gasteiger charge is -2.40. The van der Waals surface area contributed by atoms with Gasteiger partial charge in [-0.05, 0) is 23.1 Å². The van der Waals surface area contributed by atoms with Crippen LogP contribution in [0.1, 0.15) is 29.0 Å². The fraction of sp³-hybridized carbons (Fsp3) is 0.250. The van der Waals surface area contributed by atoms with Gasteiger partial charge < -0.3 is 14.9 Å². The van der Waals surface area contributed by atoms with Crippen LogP contribution in [0, 0.1) is 10.1 Å². The van der Waals surface area contributed by atoms with Crippen LogP contribution >= 0.6 is 0 Å². The summed E-state index contributed by atoms with van der Waals surface area (Å²) in [6, 6.07) is 25.3. The highest BCUT2D eigenvalue weighted by Gasteiger charge is 2.42. The average molecular weight is 407 g/mol. The number of hydrogen-bond acceptors (Lipinski definition) is 5. The zero-order valence-electron chi connectivity index (χ0n) is 16.6. The highest BCUT2D eigenvalue weighted by molar-refractivity contribution is 5.38. The molecular formula is C24H25NO5. The van der Waals surface area contributed by atoms with E-state index in [1.54, 1.807) is 12.1 Å². The van der Waals surface area contributed by atoms with Crippen molar-refractivity contribution in [2.45, 2.75) is 24.5 Å². The van der Waals surface area contributed by atoms with E-state index in [0.717, 1.165) is 16.7 Å². The molecule has 0 amide bonds. The minimum atomic E-state index is -1.13. The molecule has 6 heteroatoms. The maximum Gasteiger partial charge on any atom is 0.269 e. The average Bonchev–Trinajstić information content (AvgIpc) is 2.80. The third-order valence-corrected chi connectivity index (χ3v) is 5.32. The molecule has 0 aliphatic heterocycles. The van der Waals surface area contributed by atoms with Gasteiger partial charge >= 0.3 is 0 Å². The smallest absolute Gasteiger partial charge is 0.269 e. The van der Waals surface area contributed by atoms with Gasteiger partial charge in [-0.2, -0.15) is 0 Å². The van der Waals surface area contributed by atoms with Crippen LogP contribution in [0.15, 0.2) is 84.9 Å². The maximum atomic E-state index is 11.0. The molecule has 6 nitrogen and oxygen atoms in total. The van der Waals surface area contributed by atoms with Crippen molar-refractivity contribution in [3.63, 3.8) is 0 Å². The molecule has 0 saturated heterocycles. The zero-order valence-corrected chi connectivity index (χ0v) is 16.6. The first-order chi connectivity index (χ1) is 14.6. The van der Waals surface area contributed by atoms with Crippen LogP contribution in [0.3, 0.4) is 0 Å². The van der Waals surface area contributed by atoms with Gasteiger partial charge in [0.05, 0.1) is 18.1 Å². The van der Waals surface area contributed by atoms with Crippen molar-refractivity contribution in [2.75, 3.05) is 13.2 Å². The molecule has 2 N–H and O–H groups in total. The highest BCUT2D eigenvalue weighted by atomic mass is 16.6. The largest absolute Gasteiger partial charge is 0.396 e. The molecule has 0 radical (unpaired) electrons. The topological polar surface area (TPSA) is 92.8 Å². The summed E-state index contributed by atoms with van der Waals surface area (Å²) in [5.41, 5.74) is 1.34. The number of nitrogens with zero attached hydrogens (tertiary/aromatic N) is 1. The fourth-order valence-corrected chi connectivity index (χ4v) is 3.77. The number of nitro benzene ring substituents is 1. The van der Waals surface area contributed by atoms with Crippen molar-refractivity contribution in [3.05, 3.63) is 112 Å². The van der Waals surface area contributed by atoms with E-state index in [1.165, 1.54) is 12.1 Å². The third kappa shape index (κ3) is 4.74. The molecule has 0 aliphatic rings. The Kier molecular flexibility index (Phi) is 7.30. The van der Waals surface area contributed by atoms with E-state index in [-0.39, 0.29) is 25.5 Å². The number of nitro groups is 1. The van der Waals surface area contributed by atoms with E-state index in [9.17, 15) is 20.3 Å². The van der Waals surface area contributed by atoms with Crippen LogP contribution in [-0.4, -0.2) is 28.4 Å². The van der Waals surface area contributed by atoms with E-state index in [4.69, 9.17) is 4.74 Å². The first-order valence-electron chi connectivity index (χ1n) is 9.80.